The number of hydrogen-bond acceptors (Lipinski definition) is 4. The highest BCUT2D eigenvalue weighted by Crippen LogP contribution is 2.49. The van der Waals surface area contributed by atoms with Crippen LogP contribution in [0.2, 0.25) is 5.02 Å². The molecule has 2 heterocycles. The molecule has 5 rings (SSSR count). The molecule has 7 heteroatoms. The van der Waals surface area contributed by atoms with Gasteiger partial charge < -0.3 is 9.84 Å². The summed E-state index contributed by atoms with van der Waals surface area (Å²) in [5, 5.41) is 18.0. The van der Waals surface area contributed by atoms with Crippen molar-refractivity contribution in [3.8, 4) is 11.5 Å². The molecule has 0 spiro atoms. The van der Waals surface area contributed by atoms with Gasteiger partial charge >= 0.3 is 0 Å². The monoisotopic (exact) mass is 532 g/mol. The standard InChI is InChI=1S/C22H15Br2ClN2O2/c23-13-3-1-12(2-4-13)18-11-19-16-10-15(25)6-8-21(16)29-22(27(19)26-18)17-9-14(24)5-7-20(17)28/h1-10,19,22,28H,11H2/t19-,22-/m0/s1. The van der Waals surface area contributed by atoms with Crippen molar-refractivity contribution in [2.45, 2.75) is 18.7 Å². The number of halogens is 3. The molecule has 0 bridgehead atoms. The molecule has 2 atom stereocenters. The van der Waals surface area contributed by atoms with Crippen LogP contribution in [0.4, 0.5) is 0 Å². The molecule has 4 nitrogen and oxygen atoms in total. The van der Waals surface area contributed by atoms with E-state index in [1.165, 1.54) is 0 Å². The normalized spacial score (nSPS) is 20.0. The highest BCUT2D eigenvalue weighted by Gasteiger charge is 2.42. The summed E-state index contributed by atoms with van der Waals surface area (Å²) in [5.74, 6) is 0.925. The highest BCUT2D eigenvalue weighted by molar-refractivity contribution is 9.10. The molecule has 29 heavy (non-hydrogen) atoms. The second-order valence-electron chi connectivity index (χ2n) is 7.01. The van der Waals surface area contributed by atoms with Crippen LogP contribution in [0.25, 0.3) is 0 Å². The number of hydrogen-bond donors (Lipinski definition) is 1. The Morgan fingerprint density at radius 3 is 2.52 bits per heavy atom. The third-order valence-electron chi connectivity index (χ3n) is 5.18. The van der Waals surface area contributed by atoms with Crippen molar-refractivity contribution in [3.63, 3.8) is 0 Å². The number of benzene rings is 3. The fraction of sp³-hybridized carbons (Fsp3) is 0.136. The number of phenols is 1. The maximum absolute atomic E-state index is 10.5. The summed E-state index contributed by atoms with van der Waals surface area (Å²) in [6.45, 7) is 0. The van der Waals surface area contributed by atoms with Crippen molar-refractivity contribution >= 4 is 49.2 Å². The van der Waals surface area contributed by atoms with Crippen LogP contribution in [0.15, 0.2) is 74.7 Å². The smallest absolute Gasteiger partial charge is 0.217 e. The van der Waals surface area contributed by atoms with Crippen LogP contribution in [-0.2, 0) is 0 Å². The van der Waals surface area contributed by atoms with E-state index in [-0.39, 0.29) is 11.8 Å². The lowest BCUT2D eigenvalue weighted by Crippen LogP contribution is -2.33. The predicted molar refractivity (Wildman–Crippen MR) is 121 cm³/mol. The van der Waals surface area contributed by atoms with Gasteiger partial charge in [-0.3, -0.25) is 0 Å². The predicted octanol–water partition coefficient (Wildman–Crippen LogP) is 6.81. The summed E-state index contributed by atoms with van der Waals surface area (Å²) >= 11 is 13.2. The summed E-state index contributed by atoms with van der Waals surface area (Å²) in [5.41, 5.74) is 3.69. The summed E-state index contributed by atoms with van der Waals surface area (Å²) in [6, 6.07) is 19.0. The van der Waals surface area contributed by atoms with E-state index in [9.17, 15) is 5.11 Å². The Bertz CT molecular complexity index is 1130. The molecule has 0 saturated carbocycles. The van der Waals surface area contributed by atoms with Crippen molar-refractivity contribution in [1.29, 1.82) is 0 Å². The minimum absolute atomic E-state index is 0.0283. The molecule has 0 radical (unpaired) electrons. The van der Waals surface area contributed by atoms with Crippen LogP contribution in [0.5, 0.6) is 11.5 Å². The van der Waals surface area contributed by atoms with E-state index in [1.807, 2.05) is 53.5 Å². The first kappa shape index (κ1) is 19.0. The highest BCUT2D eigenvalue weighted by atomic mass is 79.9. The molecule has 0 amide bonds. The SMILES string of the molecule is Oc1ccc(Br)cc1[C@@H]1Oc2ccc(Cl)cc2[C@@H]2CC(c3ccc(Br)cc3)=NN21. The first-order chi connectivity index (χ1) is 14.0. The zero-order valence-corrected chi connectivity index (χ0v) is 18.9. The van der Waals surface area contributed by atoms with E-state index in [1.54, 1.807) is 12.1 Å². The maximum Gasteiger partial charge on any atom is 0.217 e. The molecule has 146 valence electrons. The van der Waals surface area contributed by atoms with Gasteiger partial charge in [-0.05, 0) is 54.1 Å². The van der Waals surface area contributed by atoms with Gasteiger partial charge in [0.2, 0.25) is 6.23 Å². The van der Waals surface area contributed by atoms with Gasteiger partial charge in [-0.25, -0.2) is 5.01 Å². The molecule has 2 aliphatic rings. The van der Waals surface area contributed by atoms with Gasteiger partial charge in [-0.15, -0.1) is 0 Å². The zero-order chi connectivity index (χ0) is 20.1. The Kier molecular flexibility index (Phi) is 4.81. The number of rotatable bonds is 2. The summed E-state index contributed by atoms with van der Waals surface area (Å²) in [4.78, 5) is 0. The third-order valence-corrected chi connectivity index (χ3v) is 6.44. The van der Waals surface area contributed by atoms with Gasteiger partial charge in [0.25, 0.3) is 0 Å². The van der Waals surface area contributed by atoms with E-state index >= 15 is 0 Å². The summed E-state index contributed by atoms with van der Waals surface area (Å²) in [7, 11) is 0. The Morgan fingerprint density at radius 1 is 0.966 bits per heavy atom. The van der Waals surface area contributed by atoms with Gasteiger partial charge in [-0.2, -0.15) is 5.10 Å². The Morgan fingerprint density at radius 2 is 1.72 bits per heavy atom. The first-order valence-electron chi connectivity index (χ1n) is 9.06. The average Bonchev–Trinajstić information content (AvgIpc) is 3.16. The average molecular weight is 535 g/mol. The lowest BCUT2D eigenvalue weighted by Gasteiger charge is -2.38. The molecule has 3 aromatic carbocycles. The molecular formula is C22H15Br2ClN2O2. The van der Waals surface area contributed by atoms with Crippen LogP contribution < -0.4 is 4.74 Å². The topological polar surface area (TPSA) is 45.1 Å². The molecule has 3 aromatic rings. The number of hydrazone groups is 1. The van der Waals surface area contributed by atoms with Gasteiger partial charge in [-0.1, -0.05) is 55.6 Å². The summed E-state index contributed by atoms with van der Waals surface area (Å²) in [6.07, 6.45) is 0.183. The van der Waals surface area contributed by atoms with Crippen molar-refractivity contribution in [3.05, 3.63) is 91.3 Å². The van der Waals surface area contributed by atoms with Crippen molar-refractivity contribution in [1.82, 2.24) is 5.01 Å². The molecule has 1 N–H and O–H groups in total. The molecular weight excluding hydrogens is 520 g/mol. The Hall–Kier alpha value is -2.02. The van der Waals surface area contributed by atoms with E-state index in [4.69, 9.17) is 21.4 Å². The first-order valence-corrected chi connectivity index (χ1v) is 11.0. The van der Waals surface area contributed by atoms with E-state index < -0.39 is 6.23 Å². The largest absolute Gasteiger partial charge is 0.507 e. The molecule has 0 fully saturated rings. The number of ether oxygens (including phenoxy) is 1. The van der Waals surface area contributed by atoms with Crippen LogP contribution in [0.1, 0.15) is 35.4 Å². The molecule has 0 aromatic heterocycles. The van der Waals surface area contributed by atoms with E-state index in [0.29, 0.717) is 10.6 Å². The maximum atomic E-state index is 10.5. The van der Waals surface area contributed by atoms with Gasteiger partial charge in [0.1, 0.15) is 11.5 Å². The number of phenolic OH excluding ortho intramolecular Hbond substituents is 1. The summed E-state index contributed by atoms with van der Waals surface area (Å²) < 4.78 is 8.19. The van der Waals surface area contributed by atoms with E-state index in [2.05, 4.69) is 31.9 Å². The van der Waals surface area contributed by atoms with Crippen LogP contribution in [0, 0.1) is 0 Å². The van der Waals surface area contributed by atoms with Crippen molar-refractivity contribution in [2.75, 3.05) is 0 Å². The second kappa shape index (κ2) is 7.35. The molecule has 0 unspecified atom stereocenters. The van der Waals surface area contributed by atoms with Gasteiger partial charge in [0.05, 0.1) is 17.3 Å². The van der Waals surface area contributed by atoms with E-state index in [0.717, 1.165) is 38.0 Å². The molecule has 0 saturated heterocycles. The lowest BCUT2D eigenvalue weighted by atomic mass is 9.96. The van der Waals surface area contributed by atoms with Gasteiger partial charge in [0, 0.05) is 26.0 Å². The minimum atomic E-state index is -0.542. The third kappa shape index (κ3) is 3.43. The van der Waals surface area contributed by atoms with Crippen molar-refractivity contribution < 1.29 is 9.84 Å². The van der Waals surface area contributed by atoms with Gasteiger partial charge in [0.15, 0.2) is 0 Å². The number of fused-ring (bicyclic) bond motifs is 3. The van der Waals surface area contributed by atoms with Crippen LogP contribution in [0.3, 0.4) is 0 Å². The zero-order valence-electron chi connectivity index (χ0n) is 15.0. The van der Waals surface area contributed by atoms with Crippen LogP contribution in [-0.4, -0.2) is 15.8 Å². The molecule has 0 aliphatic carbocycles. The number of aromatic hydroxyl groups is 1. The molecule has 2 aliphatic heterocycles. The quantitative estimate of drug-likeness (QED) is 0.393. The fourth-order valence-electron chi connectivity index (χ4n) is 3.80. The minimum Gasteiger partial charge on any atom is -0.507 e. The lowest BCUT2D eigenvalue weighted by molar-refractivity contribution is -0.0203. The van der Waals surface area contributed by atoms with Crippen molar-refractivity contribution in [2.24, 2.45) is 5.10 Å². The Balaban J connectivity index is 1.63. The van der Waals surface area contributed by atoms with Crippen LogP contribution >= 0.6 is 43.5 Å². The number of nitrogens with zero attached hydrogens (tertiary/aromatic N) is 2. The Labute approximate surface area is 190 Å². The fourth-order valence-corrected chi connectivity index (χ4v) is 4.63. The second-order valence-corrected chi connectivity index (χ2v) is 9.28.